The van der Waals surface area contributed by atoms with Crippen LogP contribution in [0.4, 0.5) is 0 Å². The molecule has 0 spiro atoms. The van der Waals surface area contributed by atoms with Crippen LogP contribution < -0.4 is 0 Å². The predicted octanol–water partition coefficient (Wildman–Crippen LogP) is 4.30. The van der Waals surface area contributed by atoms with Crippen molar-refractivity contribution in [2.45, 2.75) is 102 Å². The SMILES string of the molecule is O=C(O)CC1C(OC2CCCCO2)CC(OC2CCCCO2)C1CCC(O)Cc1ccccc1. The first-order valence-electron chi connectivity index (χ1n) is 13.1. The molecule has 1 aromatic rings. The summed E-state index contributed by atoms with van der Waals surface area (Å²) in [6.45, 7) is 1.39. The van der Waals surface area contributed by atoms with Crippen molar-refractivity contribution in [3.8, 4) is 0 Å². The molecule has 190 valence electrons. The van der Waals surface area contributed by atoms with E-state index in [1.807, 2.05) is 30.3 Å². The highest BCUT2D eigenvalue weighted by Crippen LogP contribution is 2.43. The number of ether oxygens (including phenoxy) is 4. The normalized spacial score (nSPS) is 33.0. The van der Waals surface area contributed by atoms with Crippen LogP contribution in [0.25, 0.3) is 0 Å². The van der Waals surface area contributed by atoms with E-state index in [1.165, 1.54) is 0 Å². The summed E-state index contributed by atoms with van der Waals surface area (Å²) < 4.78 is 24.4. The highest BCUT2D eigenvalue weighted by Gasteiger charge is 2.47. The zero-order valence-corrected chi connectivity index (χ0v) is 20.1. The molecule has 3 aliphatic rings. The van der Waals surface area contributed by atoms with E-state index in [9.17, 15) is 15.0 Å². The van der Waals surface area contributed by atoms with Gasteiger partial charge >= 0.3 is 5.97 Å². The lowest BCUT2D eigenvalue weighted by Gasteiger charge is -2.31. The standard InChI is InChI=1S/C27H40O7/c28-20(16-19-8-2-1-3-9-19)12-13-21-22(17-25(29)30)24(34-27-11-5-7-15-32-27)18-23(21)33-26-10-4-6-14-31-26/h1-3,8-9,20-24,26-28H,4-7,10-18H2,(H,29,30). The maximum Gasteiger partial charge on any atom is 0.303 e. The van der Waals surface area contributed by atoms with Crippen molar-refractivity contribution in [1.82, 2.24) is 0 Å². The molecule has 0 radical (unpaired) electrons. The molecule has 7 heteroatoms. The van der Waals surface area contributed by atoms with Crippen LogP contribution >= 0.6 is 0 Å². The predicted molar refractivity (Wildman–Crippen MR) is 126 cm³/mol. The molecule has 2 heterocycles. The van der Waals surface area contributed by atoms with Crippen LogP contribution in [0.15, 0.2) is 30.3 Å². The zero-order valence-electron chi connectivity index (χ0n) is 20.1. The Balaban J connectivity index is 1.43. The Kier molecular flexibility index (Phi) is 9.77. The Labute approximate surface area is 202 Å². The molecule has 0 aromatic heterocycles. The second-order valence-electron chi connectivity index (χ2n) is 10.0. The fourth-order valence-corrected chi connectivity index (χ4v) is 5.73. The van der Waals surface area contributed by atoms with Crippen LogP contribution in [0.1, 0.15) is 69.8 Å². The number of hydrogen-bond acceptors (Lipinski definition) is 6. The van der Waals surface area contributed by atoms with Gasteiger partial charge in [0.1, 0.15) is 0 Å². The number of carboxylic acids is 1. The topological polar surface area (TPSA) is 94.5 Å². The average molecular weight is 477 g/mol. The van der Waals surface area contributed by atoms with Crippen molar-refractivity contribution in [3.05, 3.63) is 35.9 Å². The van der Waals surface area contributed by atoms with E-state index in [2.05, 4.69) is 0 Å². The van der Waals surface area contributed by atoms with Crippen LogP contribution in [0.3, 0.4) is 0 Å². The number of carboxylic acid groups (broad SMARTS) is 1. The third-order valence-electron chi connectivity index (χ3n) is 7.46. The molecule has 2 saturated heterocycles. The van der Waals surface area contributed by atoms with Crippen molar-refractivity contribution >= 4 is 5.97 Å². The van der Waals surface area contributed by atoms with Gasteiger partial charge in [-0.05, 0) is 69.3 Å². The smallest absolute Gasteiger partial charge is 0.303 e. The highest BCUT2D eigenvalue weighted by atomic mass is 16.7. The molecule has 1 aliphatic carbocycles. The van der Waals surface area contributed by atoms with Crippen LogP contribution in [0, 0.1) is 11.8 Å². The largest absolute Gasteiger partial charge is 0.481 e. The second-order valence-corrected chi connectivity index (χ2v) is 10.0. The summed E-state index contributed by atoms with van der Waals surface area (Å²) >= 11 is 0. The lowest BCUT2D eigenvalue weighted by atomic mass is 9.85. The van der Waals surface area contributed by atoms with E-state index < -0.39 is 12.1 Å². The van der Waals surface area contributed by atoms with Crippen molar-refractivity contribution in [3.63, 3.8) is 0 Å². The van der Waals surface area contributed by atoms with E-state index in [0.29, 0.717) is 38.9 Å². The third kappa shape index (κ3) is 7.49. The minimum atomic E-state index is -0.826. The van der Waals surface area contributed by atoms with Gasteiger partial charge in [-0.1, -0.05) is 30.3 Å². The van der Waals surface area contributed by atoms with Gasteiger partial charge < -0.3 is 29.2 Å². The summed E-state index contributed by atoms with van der Waals surface area (Å²) in [6.07, 6.45) is 7.07. The molecular weight excluding hydrogens is 436 g/mol. The van der Waals surface area contributed by atoms with Crippen LogP contribution in [0.2, 0.25) is 0 Å². The van der Waals surface area contributed by atoms with Crippen molar-refractivity contribution in [2.75, 3.05) is 13.2 Å². The summed E-state index contributed by atoms with van der Waals surface area (Å²) in [7, 11) is 0. The lowest BCUT2D eigenvalue weighted by Crippen LogP contribution is -2.33. The molecule has 7 unspecified atom stereocenters. The van der Waals surface area contributed by atoms with Gasteiger partial charge in [-0.15, -0.1) is 0 Å². The molecule has 4 rings (SSSR count). The maximum absolute atomic E-state index is 11.8. The summed E-state index contributed by atoms with van der Waals surface area (Å²) in [5.74, 6) is -1.02. The quantitative estimate of drug-likeness (QED) is 0.492. The zero-order chi connectivity index (χ0) is 23.8. The van der Waals surface area contributed by atoms with Gasteiger partial charge in [0, 0.05) is 25.6 Å². The molecule has 2 N–H and O–H groups in total. The van der Waals surface area contributed by atoms with Crippen molar-refractivity contribution in [1.29, 1.82) is 0 Å². The van der Waals surface area contributed by atoms with Crippen LogP contribution in [-0.4, -0.2) is 60.3 Å². The van der Waals surface area contributed by atoms with E-state index in [1.54, 1.807) is 0 Å². The Morgan fingerprint density at radius 3 is 2.12 bits per heavy atom. The van der Waals surface area contributed by atoms with E-state index in [0.717, 1.165) is 44.1 Å². The Bertz CT molecular complexity index is 730. The molecule has 7 atom stereocenters. The summed E-state index contributed by atoms with van der Waals surface area (Å²) in [5.41, 5.74) is 1.10. The monoisotopic (exact) mass is 476 g/mol. The number of aliphatic carboxylic acids is 1. The number of rotatable bonds is 11. The summed E-state index contributed by atoms with van der Waals surface area (Å²) in [5, 5.41) is 20.4. The first-order chi connectivity index (χ1) is 16.6. The molecule has 7 nitrogen and oxygen atoms in total. The third-order valence-corrected chi connectivity index (χ3v) is 7.46. The number of aliphatic hydroxyl groups excluding tert-OH is 1. The van der Waals surface area contributed by atoms with Crippen LogP contribution in [0.5, 0.6) is 0 Å². The molecule has 0 amide bonds. The summed E-state index contributed by atoms with van der Waals surface area (Å²) in [4.78, 5) is 11.8. The molecule has 34 heavy (non-hydrogen) atoms. The molecule has 1 aromatic carbocycles. The van der Waals surface area contributed by atoms with Crippen molar-refractivity contribution < 1.29 is 34.0 Å². The van der Waals surface area contributed by atoms with Gasteiger partial charge in [-0.25, -0.2) is 0 Å². The minimum Gasteiger partial charge on any atom is -0.481 e. The Morgan fingerprint density at radius 1 is 0.941 bits per heavy atom. The number of aliphatic hydroxyl groups is 1. The maximum atomic E-state index is 11.8. The molecule has 0 bridgehead atoms. The van der Waals surface area contributed by atoms with Gasteiger partial charge in [0.05, 0.1) is 24.7 Å². The number of hydrogen-bond donors (Lipinski definition) is 2. The Hall–Kier alpha value is -1.51. The van der Waals surface area contributed by atoms with E-state index >= 15 is 0 Å². The second kappa shape index (κ2) is 13.0. The Morgan fingerprint density at radius 2 is 1.56 bits per heavy atom. The first kappa shape index (κ1) is 25.6. The van der Waals surface area contributed by atoms with Crippen molar-refractivity contribution in [2.24, 2.45) is 11.8 Å². The van der Waals surface area contributed by atoms with Gasteiger partial charge in [0.2, 0.25) is 0 Å². The van der Waals surface area contributed by atoms with E-state index in [4.69, 9.17) is 18.9 Å². The summed E-state index contributed by atoms with van der Waals surface area (Å²) in [6, 6.07) is 9.96. The van der Waals surface area contributed by atoms with Gasteiger partial charge in [0.25, 0.3) is 0 Å². The first-order valence-corrected chi connectivity index (χ1v) is 13.1. The lowest BCUT2D eigenvalue weighted by molar-refractivity contribution is -0.204. The molecule has 3 fully saturated rings. The molecule has 1 saturated carbocycles. The molecule has 2 aliphatic heterocycles. The number of benzene rings is 1. The average Bonchev–Trinajstić information content (AvgIpc) is 3.14. The molecular formula is C27H40O7. The fraction of sp³-hybridized carbons (Fsp3) is 0.741. The van der Waals surface area contributed by atoms with Gasteiger partial charge in [0.15, 0.2) is 12.6 Å². The van der Waals surface area contributed by atoms with E-state index in [-0.39, 0.29) is 43.0 Å². The fourth-order valence-electron chi connectivity index (χ4n) is 5.73. The highest BCUT2D eigenvalue weighted by molar-refractivity contribution is 5.67. The number of carbonyl (C=O) groups is 1. The van der Waals surface area contributed by atoms with Gasteiger partial charge in [-0.2, -0.15) is 0 Å². The van der Waals surface area contributed by atoms with Gasteiger partial charge in [-0.3, -0.25) is 4.79 Å². The minimum absolute atomic E-state index is 0.0133. The van der Waals surface area contributed by atoms with Crippen LogP contribution in [-0.2, 0) is 30.2 Å².